The third-order valence-electron chi connectivity index (χ3n) is 2.60. The molecule has 22 heavy (non-hydrogen) atoms. The maximum absolute atomic E-state index is 12.0. The van der Waals surface area contributed by atoms with E-state index in [0.29, 0.717) is 12.1 Å². The van der Waals surface area contributed by atoms with Crippen LogP contribution in [0.3, 0.4) is 0 Å². The van der Waals surface area contributed by atoms with Crippen molar-refractivity contribution in [2.24, 2.45) is 0 Å². The third-order valence-corrected chi connectivity index (χ3v) is 3.06. The lowest BCUT2D eigenvalue weighted by molar-refractivity contribution is 0.0950. The van der Waals surface area contributed by atoms with E-state index >= 15 is 0 Å². The van der Waals surface area contributed by atoms with Gasteiger partial charge < -0.3 is 5.32 Å². The number of rotatable bonds is 3. The van der Waals surface area contributed by atoms with Crippen LogP contribution in [0.1, 0.15) is 49.2 Å². The monoisotopic (exact) mass is 363 g/mol. The van der Waals surface area contributed by atoms with E-state index in [4.69, 9.17) is 0 Å². The molecule has 0 aliphatic rings. The van der Waals surface area contributed by atoms with Crippen LogP contribution in [0.15, 0.2) is 53.0 Å². The van der Waals surface area contributed by atoms with Crippen LogP contribution in [0, 0.1) is 6.92 Å². The van der Waals surface area contributed by atoms with Crippen LogP contribution in [0.5, 0.6) is 0 Å². The molecule has 0 heterocycles. The van der Waals surface area contributed by atoms with Crippen LogP contribution in [0.25, 0.3) is 0 Å². The number of amides is 1. The summed E-state index contributed by atoms with van der Waals surface area (Å²) < 4.78 is 0.923. The first-order valence-electron chi connectivity index (χ1n) is 7.74. The Morgan fingerprint density at radius 3 is 2.14 bits per heavy atom. The van der Waals surface area contributed by atoms with Crippen molar-refractivity contribution in [3.05, 3.63) is 69.7 Å². The highest BCUT2D eigenvalue weighted by Crippen LogP contribution is 2.15. The van der Waals surface area contributed by atoms with Crippen LogP contribution < -0.4 is 5.32 Å². The minimum absolute atomic E-state index is 0.0525. The van der Waals surface area contributed by atoms with Gasteiger partial charge in [-0.15, -0.1) is 0 Å². The summed E-state index contributed by atoms with van der Waals surface area (Å²) in [4.78, 5) is 12.0. The lowest BCUT2D eigenvalue weighted by Crippen LogP contribution is -2.22. The van der Waals surface area contributed by atoms with E-state index in [9.17, 15) is 4.79 Å². The molecular formula is C19H26BrNO. The van der Waals surface area contributed by atoms with Gasteiger partial charge in [0.2, 0.25) is 0 Å². The van der Waals surface area contributed by atoms with E-state index in [1.807, 2.05) is 83.1 Å². The van der Waals surface area contributed by atoms with E-state index in [1.54, 1.807) is 0 Å². The SMILES string of the molecule is CC.CC.Cc1cc(Br)cc(C(=O)NCc2ccccc2)c1. The van der Waals surface area contributed by atoms with E-state index in [-0.39, 0.29) is 5.91 Å². The van der Waals surface area contributed by atoms with Gasteiger partial charge in [-0.2, -0.15) is 0 Å². The average Bonchev–Trinajstić information content (AvgIpc) is 2.56. The molecule has 0 spiro atoms. The van der Waals surface area contributed by atoms with Gasteiger partial charge in [0.15, 0.2) is 0 Å². The Hall–Kier alpha value is -1.61. The highest BCUT2D eigenvalue weighted by Gasteiger charge is 2.06. The number of benzene rings is 2. The van der Waals surface area contributed by atoms with E-state index < -0.39 is 0 Å². The number of nitrogens with one attached hydrogen (secondary N) is 1. The van der Waals surface area contributed by atoms with Gasteiger partial charge in [0.25, 0.3) is 5.91 Å². The summed E-state index contributed by atoms with van der Waals surface area (Å²) in [5, 5.41) is 2.91. The summed E-state index contributed by atoms with van der Waals surface area (Å²) >= 11 is 3.40. The Morgan fingerprint density at radius 1 is 1.00 bits per heavy atom. The molecule has 0 aliphatic heterocycles. The first-order chi connectivity index (χ1) is 10.6. The normalized spacial score (nSPS) is 8.82. The maximum Gasteiger partial charge on any atom is 0.251 e. The molecule has 0 bridgehead atoms. The van der Waals surface area contributed by atoms with Crippen LogP contribution in [0.2, 0.25) is 0 Å². The molecule has 3 heteroatoms. The van der Waals surface area contributed by atoms with Crippen molar-refractivity contribution < 1.29 is 4.79 Å². The van der Waals surface area contributed by atoms with Crippen molar-refractivity contribution in [2.75, 3.05) is 0 Å². The van der Waals surface area contributed by atoms with E-state index in [1.165, 1.54) is 0 Å². The zero-order valence-electron chi connectivity index (χ0n) is 14.1. The predicted octanol–water partition coefficient (Wildman–Crippen LogP) is 5.74. The van der Waals surface area contributed by atoms with Crippen molar-refractivity contribution >= 4 is 21.8 Å². The van der Waals surface area contributed by atoms with Gasteiger partial charge in [-0.25, -0.2) is 0 Å². The molecule has 0 fully saturated rings. The van der Waals surface area contributed by atoms with Gasteiger partial charge in [-0.1, -0.05) is 74.0 Å². The Morgan fingerprint density at radius 2 is 1.59 bits per heavy atom. The van der Waals surface area contributed by atoms with Gasteiger partial charge in [-0.05, 0) is 36.2 Å². The van der Waals surface area contributed by atoms with Gasteiger partial charge >= 0.3 is 0 Å². The Bertz CT molecular complexity index is 532. The van der Waals surface area contributed by atoms with Crippen LogP contribution in [-0.4, -0.2) is 5.91 Å². The smallest absolute Gasteiger partial charge is 0.251 e. The fraction of sp³-hybridized carbons (Fsp3) is 0.316. The van der Waals surface area contributed by atoms with Gasteiger partial charge in [-0.3, -0.25) is 4.79 Å². The molecule has 0 atom stereocenters. The van der Waals surface area contributed by atoms with Gasteiger partial charge in [0.1, 0.15) is 0 Å². The molecule has 0 aliphatic carbocycles. The maximum atomic E-state index is 12.0. The second-order valence-electron chi connectivity index (χ2n) is 4.19. The van der Waals surface area contributed by atoms with E-state index in [0.717, 1.165) is 15.6 Å². The van der Waals surface area contributed by atoms with Crippen molar-refractivity contribution in [1.29, 1.82) is 0 Å². The summed E-state index contributed by atoms with van der Waals surface area (Å²) in [6.07, 6.45) is 0. The average molecular weight is 364 g/mol. The molecule has 120 valence electrons. The number of halogens is 1. The Balaban J connectivity index is 0.00000102. The van der Waals surface area contributed by atoms with Crippen molar-refractivity contribution in [1.82, 2.24) is 5.32 Å². The molecule has 2 nitrogen and oxygen atoms in total. The minimum Gasteiger partial charge on any atom is -0.348 e. The van der Waals surface area contributed by atoms with Crippen molar-refractivity contribution in [3.63, 3.8) is 0 Å². The minimum atomic E-state index is -0.0525. The summed E-state index contributed by atoms with van der Waals surface area (Å²) in [5.74, 6) is -0.0525. The largest absolute Gasteiger partial charge is 0.348 e. The molecule has 0 radical (unpaired) electrons. The predicted molar refractivity (Wildman–Crippen MR) is 99.2 cm³/mol. The van der Waals surface area contributed by atoms with E-state index in [2.05, 4.69) is 21.2 Å². The van der Waals surface area contributed by atoms with Crippen LogP contribution >= 0.6 is 15.9 Å². The molecule has 2 aromatic carbocycles. The molecule has 2 aromatic rings. The standard InChI is InChI=1S/C15H14BrNO.2C2H6/c1-11-7-13(9-14(16)8-11)15(18)17-10-12-5-3-2-4-6-12;2*1-2/h2-9H,10H2,1H3,(H,17,18);2*1-2H3. The summed E-state index contributed by atoms with van der Waals surface area (Å²) in [6.45, 7) is 10.5. The Kier molecular flexibility index (Phi) is 11.1. The van der Waals surface area contributed by atoms with Crippen LogP contribution in [0.4, 0.5) is 0 Å². The first kappa shape index (κ1) is 20.4. The second kappa shape index (κ2) is 12.0. The molecule has 2 rings (SSSR count). The second-order valence-corrected chi connectivity index (χ2v) is 5.10. The van der Waals surface area contributed by atoms with Crippen LogP contribution in [-0.2, 0) is 6.54 Å². The molecule has 0 unspecified atom stereocenters. The Labute approximate surface area is 143 Å². The third kappa shape index (κ3) is 7.41. The number of aryl methyl sites for hydroxylation is 1. The highest BCUT2D eigenvalue weighted by molar-refractivity contribution is 9.10. The number of hydrogen-bond acceptors (Lipinski definition) is 1. The number of carbonyl (C=O) groups is 1. The lowest BCUT2D eigenvalue weighted by Gasteiger charge is -2.06. The molecule has 0 saturated carbocycles. The fourth-order valence-electron chi connectivity index (χ4n) is 1.75. The molecule has 1 amide bonds. The van der Waals surface area contributed by atoms with Crippen molar-refractivity contribution in [3.8, 4) is 0 Å². The quantitative estimate of drug-likeness (QED) is 0.739. The molecule has 1 N–H and O–H groups in total. The zero-order valence-corrected chi connectivity index (χ0v) is 15.7. The zero-order chi connectivity index (χ0) is 17.0. The number of hydrogen-bond donors (Lipinski definition) is 1. The molecule has 0 aromatic heterocycles. The first-order valence-corrected chi connectivity index (χ1v) is 8.54. The van der Waals surface area contributed by atoms with Crippen molar-refractivity contribution in [2.45, 2.75) is 41.2 Å². The highest BCUT2D eigenvalue weighted by atomic mass is 79.9. The van der Waals surface area contributed by atoms with Gasteiger partial charge in [0, 0.05) is 16.6 Å². The topological polar surface area (TPSA) is 29.1 Å². The fourth-order valence-corrected chi connectivity index (χ4v) is 2.36. The molecule has 0 saturated heterocycles. The summed E-state index contributed by atoms with van der Waals surface area (Å²) in [6, 6.07) is 15.6. The molecular weight excluding hydrogens is 338 g/mol. The number of carbonyl (C=O) groups excluding carboxylic acids is 1. The lowest BCUT2D eigenvalue weighted by atomic mass is 10.1. The summed E-state index contributed by atoms with van der Waals surface area (Å²) in [5.41, 5.74) is 2.84. The van der Waals surface area contributed by atoms with Gasteiger partial charge in [0.05, 0.1) is 0 Å². The summed E-state index contributed by atoms with van der Waals surface area (Å²) in [7, 11) is 0.